The van der Waals surface area contributed by atoms with Gasteiger partial charge in [-0.1, -0.05) is 12.8 Å². The molecule has 1 N–H and O–H groups in total. The second kappa shape index (κ2) is 6.58. The molecule has 0 aliphatic carbocycles. The van der Waals surface area contributed by atoms with Gasteiger partial charge in [0.1, 0.15) is 0 Å². The van der Waals surface area contributed by atoms with Crippen LogP contribution in [0.25, 0.3) is 11.3 Å². The number of rotatable bonds is 2. The van der Waals surface area contributed by atoms with Crippen molar-refractivity contribution in [1.82, 2.24) is 25.6 Å². The highest BCUT2D eigenvalue weighted by atomic mass is 16.6. The number of hydrogen-bond acceptors (Lipinski definition) is 8. The lowest BCUT2D eigenvalue weighted by Crippen LogP contribution is -2.33. The smallest absolute Gasteiger partial charge is 0.245 e. The molecule has 2 saturated heterocycles. The molecule has 2 aromatic heterocycles. The van der Waals surface area contributed by atoms with Crippen molar-refractivity contribution in [1.29, 1.82) is 0 Å². The van der Waals surface area contributed by atoms with Crippen LogP contribution in [0, 0.1) is 0 Å². The number of amides is 1. The Labute approximate surface area is 139 Å². The van der Waals surface area contributed by atoms with Crippen LogP contribution in [0.3, 0.4) is 0 Å². The molecule has 0 unspecified atom stereocenters. The molecule has 0 saturated carbocycles. The van der Waals surface area contributed by atoms with Crippen molar-refractivity contribution in [2.24, 2.45) is 0 Å². The van der Waals surface area contributed by atoms with E-state index in [2.05, 4.69) is 35.4 Å². The molecular formula is C15H21N7O2. The highest BCUT2D eigenvalue weighted by Crippen LogP contribution is 2.29. The van der Waals surface area contributed by atoms with Crippen LogP contribution in [0.5, 0.6) is 0 Å². The van der Waals surface area contributed by atoms with E-state index in [0.717, 1.165) is 37.6 Å². The van der Waals surface area contributed by atoms with Crippen molar-refractivity contribution in [3.8, 4) is 0 Å². The summed E-state index contributed by atoms with van der Waals surface area (Å²) >= 11 is 0. The van der Waals surface area contributed by atoms with Gasteiger partial charge in [0.25, 0.3) is 0 Å². The molecule has 0 spiro atoms. The second-order valence-corrected chi connectivity index (χ2v) is 6.27. The third kappa shape index (κ3) is 2.98. The Bertz CT molecular complexity index is 724. The molecule has 2 aliphatic heterocycles. The van der Waals surface area contributed by atoms with E-state index in [-0.39, 0.29) is 5.91 Å². The molecule has 2 fully saturated rings. The second-order valence-electron chi connectivity index (χ2n) is 6.27. The number of carbonyl (C=O) groups excluding carboxylic acids is 1. The number of aromatic nitrogens is 4. The number of anilines is 2. The topological polar surface area (TPSA) is 100 Å². The molecule has 9 heteroatoms. The molecule has 0 aromatic carbocycles. The van der Waals surface area contributed by atoms with Crippen LogP contribution in [0.1, 0.15) is 32.1 Å². The van der Waals surface area contributed by atoms with Crippen LogP contribution in [0.4, 0.5) is 11.6 Å². The van der Waals surface area contributed by atoms with Crippen molar-refractivity contribution in [3.63, 3.8) is 0 Å². The Hall–Kier alpha value is -2.45. The molecule has 0 bridgehead atoms. The third-order valence-corrected chi connectivity index (χ3v) is 4.60. The normalized spacial score (nSPS) is 19.9. The maximum absolute atomic E-state index is 11.6. The Morgan fingerprint density at radius 1 is 0.833 bits per heavy atom. The van der Waals surface area contributed by atoms with Crippen LogP contribution in [-0.2, 0) is 4.79 Å². The molecule has 4 rings (SSSR count). The van der Waals surface area contributed by atoms with E-state index in [1.54, 1.807) is 0 Å². The number of fused-ring (bicyclic) bond motifs is 1. The predicted octanol–water partition coefficient (Wildman–Crippen LogP) is 0.720. The number of carbonyl (C=O) groups is 1. The minimum absolute atomic E-state index is 0.0750. The quantitative estimate of drug-likeness (QED) is 0.859. The highest BCUT2D eigenvalue weighted by Gasteiger charge is 2.24. The molecule has 9 nitrogen and oxygen atoms in total. The van der Waals surface area contributed by atoms with E-state index in [4.69, 9.17) is 4.63 Å². The number of nitrogens with one attached hydrogen (secondary N) is 1. The maximum Gasteiger partial charge on any atom is 0.245 e. The molecule has 128 valence electrons. The van der Waals surface area contributed by atoms with Gasteiger partial charge in [-0.25, -0.2) is 14.6 Å². The van der Waals surface area contributed by atoms with Gasteiger partial charge in [-0.2, -0.15) is 0 Å². The summed E-state index contributed by atoms with van der Waals surface area (Å²) in [5.74, 6) is 1.68. The maximum atomic E-state index is 11.6. The van der Waals surface area contributed by atoms with E-state index < -0.39 is 0 Å². The lowest BCUT2D eigenvalue weighted by Gasteiger charge is -2.28. The fourth-order valence-corrected chi connectivity index (χ4v) is 3.31. The summed E-state index contributed by atoms with van der Waals surface area (Å²) in [5.41, 5.74) is 0.842. The first-order chi connectivity index (χ1) is 11.8. The van der Waals surface area contributed by atoms with Crippen molar-refractivity contribution in [2.45, 2.75) is 32.1 Å². The zero-order chi connectivity index (χ0) is 16.4. The average Bonchev–Trinajstić information content (AvgIpc) is 2.77. The van der Waals surface area contributed by atoms with Crippen LogP contribution in [-0.4, -0.2) is 58.9 Å². The Morgan fingerprint density at radius 2 is 1.46 bits per heavy atom. The van der Waals surface area contributed by atoms with E-state index >= 15 is 0 Å². The first kappa shape index (κ1) is 15.1. The van der Waals surface area contributed by atoms with Gasteiger partial charge >= 0.3 is 0 Å². The molecular weight excluding hydrogens is 310 g/mol. The molecule has 4 heterocycles. The van der Waals surface area contributed by atoms with Gasteiger partial charge in [0.15, 0.2) is 11.6 Å². The lowest BCUT2D eigenvalue weighted by atomic mass is 10.2. The molecule has 24 heavy (non-hydrogen) atoms. The van der Waals surface area contributed by atoms with Gasteiger partial charge < -0.3 is 15.1 Å². The number of nitrogens with zero attached hydrogens (tertiary/aromatic N) is 6. The van der Waals surface area contributed by atoms with Crippen LogP contribution in [0.2, 0.25) is 0 Å². The molecule has 1 amide bonds. The summed E-state index contributed by atoms with van der Waals surface area (Å²) in [6.45, 7) is 3.86. The summed E-state index contributed by atoms with van der Waals surface area (Å²) in [7, 11) is 0. The van der Waals surface area contributed by atoms with Crippen LogP contribution >= 0.6 is 0 Å². The van der Waals surface area contributed by atoms with Gasteiger partial charge in [0.05, 0.1) is 0 Å². The molecule has 2 aliphatic rings. The standard InChI is InChI=1S/C15H21N7O2/c23-11-5-9-22(10-6-16-11)15-14(21-7-3-1-2-4-8-21)17-12-13(18-15)20-24-19-12/h1-10H2,(H,16,23). The first-order valence-corrected chi connectivity index (χ1v) is 8.58. The van der Waals surface area contributed by atoms with Crippen molar-refractivity contribution in [2.75, 3.05) is 42.5 Å². The predicted molar refractivity (Wildman–Crippen MR) is 87.9 cm³/mol. The fraction of sp³-hybridized carbons (Fsp3) is 0.667. The SMILES string of the molecule is O=C1CCN(c2nc3nonc3nc2N2CCCCCC2)CCN1. The summed E-state index contributed by atoms with van der Waals surface area (Å²) < 4.78 is 4.79. The van der Waals surface area contributed by atoms with E-state index in [0.29, 0.717) is 37.3 Å². The van der Waals surface area contributed by atoms with Gasteiger partial charge in [-0.3, -0.25) is 4.79 Å². The Kier molecular flexibility index (Phi) is 4.14. The third-order valence-electron chi connectivity index (χ3n) is 4.60. The molecule has 0 atom stereocenters. The highest BCUT2D eigenvalue weighted by molar-refractivity contribution is 5.79. The van der Waals surface area contributed by atoms with Crippen LogP contribution < -0.4 is 15.1 Å². The van der Waals surface area contributed by atoms with Gasteiger partial charge in [-0.05, 0) is 23.2 Å². The minimum Gasteiger partial charge on any atom is -0.354 e. The Balaban J connectivity index is 1.73. The summed E-state index contributed by atoms with van der Waals surface area (Å²) in [4.78, 5) is 25.4. The van der Waals surface area contributed by atoms with Crippen molar-refractivity contribution >= 4 is 28.8 Å². The first-order valence-electron chi connectivity index (χ1n) is 8.58. The zero-order valence-electron chi connectivity index (χ0n) is 13.6. The lowest BCUT2D eigenvalue weighted by molar-refractivity contribution is -0.120. The fourth-order valence-electron chi connectivity index (χ4n) is 3.31. The molecule has 0 radical (unpaired) electrons. The van der Waals surface area contributed by atoms with E-state index in [9.17, 15) is 4.79 Å². The van der Waals surface area contributed by atoms with E-state index in [1.807, 2.05) is 0 Å². The number of hydrogen-bond donors (Lipinski definition) is 1. The van der Waals surface area contributed by atoms with E-state index in [1.165, 1.54) is 12.8 Å². The van der Waals surface area contributed by atoms with Gasteiger partial charge in [0.2, 0.25) is 17.2 Å². The van der Waals surface area contributed by atoms with Crippen molar-refractivity contribution < 1.29 is 9.42 Å². The van der Waals surface area contributed by atoms with Crippen molar-refractivity contribution in [3.05, 3.63) is 0 Å². The average molecular weight is 331 g/mol. The monoisotopic (exact) mass is 331 g/mol. The minimum atomic E-state index is 0.0750. The summed E-state index contributed by atoms with van der Waals surface area (Å²) in [5, 5.41) is 10.6. The van der Waals surface area contributed by atoms with Crippen LogP contribution in [0.15, 0.2) is 4.63 Å². The summed E-state index contributed by atoms with van der Waals surface area (Å²) in [6, 6.07) is 0. The molecule has 2 aromatic rings. The largest absolute Gasteiger partial charge is 0.354 e. The zero-order valence-corrected chi connectivity index (χ0v) is 13.6. The van der Waals surface area contributed by atoms with Gasteiger partial charge in [-0.15, -0.1) is 0 Å². The van der Waals surface area contributed by atoms with Gasteiger partial charge in [0, 0.05) is 39.1 Å². The summed E-state index contributed by atoms with van der Waals surface area (Å²) in [6.07, 6.45) is 5.24. The Morgan fingerprint density at radius 3 is 2.12 bits per heavy atom.